The van der Waals surface area contributed by atoms with E-state index >= 15 is 0 Å². The molecule has 0 atom stereocenters. The van der Waals surface area contributed by atoms with Gasteiger partial charge in [0.25, 0.3) is 0 Å². The Morgan fingerprint density at radius 2 is 1.42 bits per heavy atom. The van der Waals surface area contributed by atoms with E-state index in [4.69, 9.17) is 4.74 Å². The van der Waals surface area contributed by atoms with E-state index in [2.05, 4.69) is 0 Å². The molecule has 0 aliphatic heterocycles. The molecule has 3 heteroatoms. The molecule has 0 fully saturated rings. The van der Waals surface area contributed by atoms with Crippen molar-refractivity contribution in [2.75, 3.05) is 0 Å². The summed E-state index contributed by atoms with van der Waals surface area (Å²) in [5.74, 6) is -0.921. The second kappa shape index (κ2) is 6.50. The predicted molar refractivity (Wildman–Crippen MR) is 71.8 cm³/mol. The first kappa shape index (κ1) is 13.0. The van der Waals surface area contributed by atoms with Crippen LogP contribution in [0.3, 0.4) is 0 Å². The Morgan fingerprint density at radius 3 is 2.05 bits per heavy atom. The van der Waals surface area contributed by atoms with Crippen molar-refractivity contribution in [2.24, 2.45) is 0 Å². The number of esters is 1. The number of hydrogen-bond donors (Lipinski definition) is 0. The molecule has 0 saturated heterocycles. The van der Waals surface area contributed by atoms with Gasteiger partial charge in [0, 0.05) is 6.42 Å². The van der Waals surface area contributed by atoms with Gasteiger partial charge in [-0.05, 0) is 24.1 Å². The summed E-state index contributed by atoms with van der Waals surface area (Å²) in [5, 5.41) is 0. The molecular formula is C16H14O3. The van der Waals surface area contributed by atoms with Crippen LogP contribution in [-0.4, -0.2) is 11.8 Å². The van der Waals surface area contributed by atoms with E-state index in [9.17, 15) is 9.59 Å². The highest BCUT2D eigenvalue weighted by molar-refractivity contribution is 6.34. The summed E-state index contributed by atoms with van der Waals surface area (Å²) >= 11 is 0. The van der Waals surface area contributed by atoms with Crippen LogP contribution in [0.25, 0.3) is 0 Å². The number of para-hydroxylation sites is 1. The Balaban J connectivity index is 1.85. The molecule has 0 aliphatic rings. The van der Waals surface area contributed by atoms with Gasteiger partial charge in [-0.3, -0.25) is 4.79 Å². The molecule has 0 heterocycles. The molecule has 0 bridgehead atoms. The van der Waals surface area contributed by atoms with Gasteiger partial charge < -0.3 is 4.74 Å². The maximum Gasteiger partial charge on any atom is 0.379 e. The van der Waals surface area contributed by atoms with E-state index in [1.54, 1.807) is 24.3 Å². The summed E-state index contributed by atoms with van der Waals surface area (Å²) in [6, 6.07) is 18.2. The average Bonchev–Trinajstić information content (AvgIpc) is 2.47. The predicted octanol–water partition coefficient (Wildman–Crippen LogP) is 2.79. The van der Waals surface area contributed by atoms with Gasteiger partial charge in [-0.15, -0.1) is 0 Å². The second-order valence-corrected chi connectivity index (χ2v) is 4.11. The maximum absolute atomic E-state index is 11.6. The number of aryl methyl sites for hydroxylation is 1. The molecule has 0 spiro atoms. The number of rotatable bonds is 5. The van der Waals surface area contributed by atoms with Crippen LogP contribution in [0.4, 0.5) is 0 Å². The molecular weight excluding hydrogens is 240 g/mol. The first-order valence-corrected chi connectivity index (χ1v) is 6.09. The third kappa shape index (κ3) is 4.07. The van der Waals surface area contributed by atoms with E-state index in [0.29, 0.717) is 12.2 Å². The third-order valence-corrected chi connectivity index (χ3v) is 2.66. The number of benzene rings is 2. The highest BCUT2D eigenvalue weighted by atomic mass is 16.5. The molecule has 0 aliphatic carbocycles. The fraction of sp³-hybridized carbons (Fsp3) is 0.125. The van der Waals surface area contributed by atoms with Crippen LogP contribution in [0, 0.1) is 0 Å². The molecule has 2 aromatic carbocycles. The molecule has 0 N–H and O–H groups in total. The van der Waals surface area contributed by atoms with Crippen LogP contribution in [-0.2, 0) is 16.0 Å². The number of ether oxygens (including phenoxy) is 1. The summed E-state index contributed by atoms with van der Waals surface area (Å²) in [6.45, 7) is 0. The van der Waals surface area contributed by atoms with Crippen molar-refractivity contribution in [1.29, 1.82) is 0 Å². The van der Waals surface area contributed by atoms with Crippen molar-refractivity contribution in [3.8, 4) is 5.75 Å². The first-order valence-electron chi connectivity index (χ1n) is 6.09. The second-order valence-electron chi connectivity index (χ2n) is 4.11. The normalized spacial score (nSPS) is 9.89. The quantitative estimate of drug-likeness (QED) is 0.468. The fourth-order valence-corrected chi connectivity index (χ4v) is 1.66. The number of carbonyl (C=O) groups is 2. The third-order valence-electron chi connectivity index (χ3n) is 2.66. The van der Waals surface area contributed by atoms with Crippen molar-refractivity contribution in [1.82, 2.24) is 0 Å². The van der Waals surface area contributed by atoms with Crippen LogP contribution >= 0.6 is 0 Å². The first-order chi connectivity index (χ1) is 9.25. The maximum atomic E-state index is 11.6. The van der Waals surface area contributed by atoms with Gasteiger partial charge >= 0.3 is 5.97 Å². The molecule has 0 aromatic heterocycles. The molecule has 19 heavy (non-hydrogen) atoms. The van der Waals surface area contributed by atoms with Crippen molar-refractivity contribution >= 4 is 11.8 Å². The van der Waals surface area contributed by atoms with Gasteiger partial charge in [-0.1, -0.05) is 48.5 Å². The highest BCUT2D eigenvalue weighted by Crippen LogP contribution is 2.09. The van der Waals surface area contributed by atoms with Gasteiger partial charge in [0.05, 0.1) is 0 Å². The van der Waals surface area contributed by atoms with Crippen molar-refractivity contribution < 1.29 is 14.3 Å². The van der Waals surface area contributed by atoms with Crippen LogP contribution in [0.15, 0.2) is 60.7 Å². The van der Waals surface area contributed by atoms with Gasteiger partial charge in [0.1, 0.15) is 5.75 Å². The zero-order valence-corrected chi connectivity index (χ0v) is 10.4. The lowest BCUT2D eigenvalue weighted by Crippen LogP contribution is -2.20. The Bertz CT molecular complexity index is 547. The molecule has 96 valence electrons. The number of hydrogen-bond acceptors (Lipinski definition) is 3. The molecule has 2 rings (SSSR count). The zero-order valence-electron chi connectivity index (χ0n) is 10.4. The van der Waals surface area contributed by atoms with E-state index in [0.717, 1.165) is 5.56 Å². The lowest BCUT2D eigenvalue weighted by atomic mass is 10.1. The minimum atomic E-state index is -0.804. The fourth-order valence-electron chi connectivity index (χ4n) is 1.66. The summed E-state index contributed by atoms with van der Waals surface area (Å²) < 4.78 is 4.98. The Kier molecular flexibility index (Phi) is 4.45. The van der Waals surface area contributed by atoms with Crippen LogP contribution in [0.5, 0.6) is 5.75 Å². The Morgan fingerprint density at radius 1 is 0.842 bits per heavy atom. The molecule has 0 unspecified atom stereocenters. The summed E-state index contributed by atoms with van der Waals surface area (Å²) in [4.78, 5) is 23.2. The van der Waals surface area contributed by atoms with Crippen LogP contribution < -0.4 is 4.74 Å². The SMILES string of the molecule is O=C(CCc1ccccc1)C(=O)Oc1ccccc1. The van der Waals surface area contributed by atoms with Gasteiger partial charge in [-0.2, -0.15) is 0 Å². The topological polar surface area (TPSA) is 43.4 Å². The van der Waals surface area contributed by atoms with Crippen molar-refractivity contribution in [3.63, 3.8) is 0 Å². The monoisotopic (exact) mass is 254 g/mol. The number of carbonyl (C=O) groups excluding carboxylic acids is 2. The largest absolute Gasteiger partial charge is 0.421 e. The van der Waals surface area contributed by atoms with Crippen LogP contribution in [0.2, 0.25) is 0 Å². The van der Waals surface area contributed by atoms with Crippen molar-refractivity contribution in [3.05, 3.63) is 66.2 Å². The molecule has 2 aromatic rings. The average molecular weight is 254 g/mol. The summed E-state index contributed by atoms with van der Waals surface area (Å²) in [5.41, 5.74) is 1.03. The zero-order chi connectivity index (χ0) is 13.5. The Hall–Kier alpha value is -2.42. The molecule has 0 saturated carbocycles. The van der Waals surface area contributed by atoms with Crippen molar-refractivity contribution in [2.45, 2.75) is 12.8 Å². The standard InChI is InChI=1S/C16H14O3/c17-15(12-11-13-7-3-1-4-8-13)16(18)19-14-9-5-2-6-10-14/h1-10H,11-12H2. The molecule has 0 radical (unpaired) electrons. The highest BCUT2D eigenvalue weighted by Gasteiger charge is 2.15. The van der Waals surface area contributed by atoms with Gasteiger partial charge in [0.2, 0.25) is 5.78 Å². The van der Waals surface area contributed by atoms with E-state index < -0.39 is 11.8 Å². The van der Waals surface area contributed by atoms with E-state index in [1.165, 1.54) is 0 Å². The van der Waals surface area contributed by atoms with Gasteiger partial charge in [0.15, 0.2) is 0 Å². The summed E-state index contributed by atoms with van der Waals surface area (Å²) in [7, 11) is 0. The van der Waals surface area contributed by atoms with E-state index in [1.807, 2.05) is 36.4 Å². The Labute approximate surface area is 111 Å². The lowest BCUT2D eigenvalue weighted by molar-refractivity contribution is -0.147. The molecule has 0 amide bonds. The van der Waals surface area contributed by atoms with Crippen LogP contribution in [0.1, 0.15) is 12.0 Å². The smallest absolute Gasteiger partial charge is 0.379 e. The van der Waals surface area contributed by atoms with E-state index in [-0.39, 0.29) is 6.42 Å². The summed E-state index contributed by atoms with van der Waals surface area (Å²) in [6.07, 6.45) is 0.708. The number of ketones is 1. The number of Topliss-reactive ketones (excluding diaryl/α,β-unsaturated/α-hetero) is 1. The minimum Gasteiger partial charge on any atom is -0.421 e. The molecule has 3 nitrogen and oxygen atoms in total. The van der Waals surface area contributed by atoms with Gasteiger partial charge in [-0.25, -0.2) is 4.79 Å². The minimum absolute atomic E-state index is 0.162. The lowest BCUT2D eigenvalue weighted by Gasteiger charge is -2.03.